The predicted molar refractivity (Wildman–Crippen MR) is 56.8 cm³/mol. The van der Waals surface area contributed by atoms with Crippen LogP contribution in [0.3, 0.4) is 0 Å². The van der Waals surface area contributed by atoms with Gasteiger partial charge < -0.3 is 0 Å². The first-order valence-electron chi connectivity index (χ1n) is 4.01. The van der Waals surface area contributed by atoms with Crippen LogP contribution in [0.4, 0.5) is 0 Å². The van der Waals surface area contributed by atoms with Crippen molar-refractivity contribution in [3.63, 3.8) is 0 Å². The van der Waals surface area contributed by atoms with Gasteiger partial charge in [-0.1, -0.05) is 13.3 Å². The highest BCUT2D eigenvalue weighted by Crippen LogP contribution is 2.21. The van der Waals surface area contributed by atoms with Crippen LogP contribution in [0.15, 0.2) is 12.1 Å². The van der Waals surface area contributed by atoms with E-state index in [4.69, 9.17) is 10.7 Å². The van der Waals surface area contributed by atoms with Crippen molar-refractivity contribution in [1.82, 2.24) is 0 Å². The maximum atomic E-state index is 10.7. The molecule has 13 heavy (non-hydrogen) atoms. The number of thiophene rings is 1. The maximum Gasteiger partial charge on any atom is 0.237 e. The summed E-state index contributed by atoms with van der Waals surface area (Å²) in [6.07, 6.45) is 2.08. The van der Waals surface area contributed by atoms with E-state index in [0.717, 1.165) is 17.7 Å². The molecular weight excluding hydrogens is 228 g/mol. The minimum atomic E-state index is -3.40. The van der Waals surface area contributed by atoms with Crippen molar-refractivity contribution in [2.24, 2.45) is 0 Å². The van der Waals surface area contributed by atoms with Gasteiger partial charge in [0.15, 0.2) is 0 Å². The van der Waals surface area contributed by atoms with Crippen molar-refractivity contribution in [3.05, 3.63) is 21.9 Å². The summed E-state index contributed by atoms with van der Waals surface area (Å²) in [6, 6.07) is 3.79. The Morgan fingerprint density at radius 2 is 2.00 bits per heavy atom. The lowest BCUT2D eigenvalue weighted by atomic mass is 10.3. The van der Waals surface area contributed by atoms with Gasteiger partial charge in [-0.3, -0.25) is 0 Å². The summed E-state index contributed by atoms with van der Waals surface area (Å²) >= 11 is 1.52. The van der Waals surface area contributed by atoms with Crippen molar-refractivity contribution in [1.29, 1.82) is 0 Å². The number of hydrogen-bond donors (Lipinski definition) is 0. The van der Waals surface area contributed by atoms with E-state index >= 15 is 0 Å². The molecule has 0 amide bonds. The van der Waals surface area contributed by atoms with Crippen molar-refractivity contribution >= 4 is 31.1 Å². The highest BCUT2D eigenvalue weighted by molar-refractivity contribution is 8.13. The van der Waals surface area contributed by atoms with Crippen molar-refractivity contribution in [2.75, 3.05) is 0 Å². The fourth-order valence-electron chi connectivity index (χ4n) is 1.05. The molecule has 0 aliphatic heterocycles. The summed E-state index contributed by atoms with van der Waals surface area (Å²) in [4.78, 5) is 2.04. The van der Waals surface area contributed by atoms with Crippen molar-refractivity contribution in [3.8, 4) is 0 Å². The minimum absolute atomic E-state index is 0.0526. The zero-order valence-corrected chi connectivity index (χ0v) is 9.68. The largest absolute Gasteiger partial charge is 0.237 e. The Morgan fingerprint density at radius 1 is 1.38 bits per heavy atom. The van der Waals surface area contributed by atoms with E-state index in [9.17, 15) is 8.42 Å². The molecule has 0 fully saturated rings. The summed E-state index contributed by atoms with van der Waals surface area (Å²) in [7, 11) is 1.74. The molecule has 1 aromatic heterocycles. The zero-order chi connectivity index (χ0) is 9.90. The quantitative estimate of drug-likeness (QED) is 0.756. The molecule has 1 aromatic rings. The first kappa shape index (κ1) is 11.0. The Labute approximate surface area is 87.0 Å². The zero-order valence-electron chi connectivity index (χ0n) is 7.29. The second-order valence-corrected chi connectivity index (χ2v) is 6.83. The van der Waals surface area contributed by atoms with Crippen LogP contribution in [-0.4, -0.2) is 8.42 Å². The Kier molecular flexibility index (Phi) is 3.76. The van der Waals surface area contributed by atoms with Gasteiger partial charge in [0.2, 0.25) is 9.05 Å². The first-order valence-corrected chi connectivity index (χ1v) is 7.30. The summed E-state index contributed by atoms with van der Waals surface area (Å²) in [5.74, 6) is -0.0526. The summed E-state index contributed by atoms with van der Waals surface area (Å²) in [5, 5.41) is 0. The Morgan fingerprint density at radius 3 is 2.54 bits per heavy atom. The molecular formula is C8H11ClO2S2. The molecule has 0 aromatic carbocycles. The smallest absolute Gasteiger partial charge is 0.212 e. The number of halogens is 1. The Bertz CT molecular complexity index is 367. The molecule has 0 unspecified atom stereocenters. The second kappa shape index (κ2) is 4.44. The molecule has 0 spiro atoms. The average Bonchev–Trinajstić information content (AvgIpc) is 2.33. The molecule has 0 bridgehead atoms. The van der Waals surface area contributed by atoms with E-state index in [-0.39, 0.29) is 5.75 Å². The topological polar surface area (TPSA) is 34.1 Å². The molecule has 0 radical (unpaired) electrons. The number of aryl methyl sites for hydroxylation is 1. The van der Waals surface area contributed by atoms with Gasteiger partial charge in [0.1, 0.15) is 0 Å². The van der Waals surface area contributed by atoms with Gasteiger partial charge in [-0.2, -0.15) is 0 Å². The normalized spacial score (nSPS) is 11.8. The number of rotatable bonds is 4. The third-order valence-electron chi connectivity index (χ3n) is 1.53. The highest BCUT2D eigenvalue weighted by Gasteiger charge is 2.08. The lowest BCUT2D eigenvalue weighted by Crippen LogP contribution is -1.91. The molecule has 2 nitrogen and oxygen atoms in total. The molecule has 1 heterocycles. The fourth-order valence-corrected chi connectivity index (χ4v) is 3.65. The number of hydrogen-bond acceptors (Lipinski definition) is 3. The third kappa shape index (κ3) is 4.11. The van der Waals surface area contributed by atoms with Gasteiger partial charge in [-0.05, 0) is 18.6 Å². The third-order valence-corrected chi connectivity index (χ3v) is 3.84. The summed E-state index contributed by atoms with van der Waals surface area (Å²) < 4.78 is 21.5. The van der Waals surface area contributed by atoms with Crippen molar-refractivity contribution < 1.29 is 8.42 Å². The van der Waals surface area contributed by atoms with Crippen molar-refractivity contribution in [2.45, 2.75) is 25.5 Å². The van der Waals surface area contributed by atoms with E-state index in [0.29, 0.717) is 0 Å². The monoisotopic (exact) mass is 238 g/mol. The molecule has 5 heteroatoms. The maximum absolute atomic E-state index is 10.7. The van der Waals surface area contributed by atoms with E-state index in [1.165, 1.54) is 16.2 Å². The van der Waals surface area contributed by atoms with Crippen LogP contribution in [0, 0.1) is 0 Å². The van der Waals surface area contributed by atoms with E-state index < -0.39 is 9.05 Å². The average molecular weight is 239 g/mol. The van der Waals surface area contributed by atoms with Crippen LogP contribution in [0.5, 0.6) is 0 Å². The molecule has 1 rings (SSSR count). The van der Waals surface area contributed by atoms with Crippen LogP contribution in [0.25, 0.3) is 0 Å². The molecule has 0 saturated carbocycles. The van der Waals surface area contributed by atoms with Gasteiger partial charge in [-0.15, -0.1) is 11.3 Å². The van der Waals surface area contributed by atoms with Crippen LogP contribution in [0.1, 0.15) is 23.1 Å². The SMILES string of the molecule is CCCc1ccc(CS(=O)(=O)Cl)s1. The highest BCUT2D eigenvalue weighted by atomic mass is 35.7. The Hall–Kier alpha value is -0.0600. The molecule has 74 valence electrons. The van der Waals surface area contributed by atoms with Gasteiger partial charge in [0.05, 0.1) is 5.75 Å². The summed E-state index contributed by atoms with van der Waals surface area (Å²) in [6.45, 7) is 2.09. The van der Waals surface area contributed by atoms with Crippen LogP contribution < -0.4 is 0 Å². The second-order valence-electron chi connectivity index (χ2n) is 2.80. The van der Waals surface area contributed by atoms with Gasteiger partial charge in [-0.25, -0.2) is 8.42 Å². The molecule has 0 aliphatic rings. The van der Waals surface area contributed by atoms with Gasteiger partial charge in [0, 0.05) is 20.4 Å². The fraction of sp³-hybridized carbons (Fsp3) is 0.500. The minimum Gasteiger partial charge on any atom is -0.212 e. The summed E-state index contributed by atoms with van der Waals surface area (Å²) in [5.41, 5.74) is 0. The van der Waals surface area contributed by atoms with Gasteiger partial charge >= 0.3 is 0 Å². The molecule has 0 N–H and O–H groups in total. The Balaban J connectivity index is 2.69. The van der Waals surface area contributed by atoms with Crippen LogP contribution in [0.2, 0.25) is 0 Å². The van der Waals surface area contributed by atoms with Crippen LogP contribution >= 0.6 is 22.0 Å². The van der Waals surface area contributed by atoms with E-state index in [2.05, 4.69) is 6.92 Å². The van der Waals surface area contributed by atoms with Crippen LogP contribution in [-0.2, 0) is 21.2 Å². The van der Waals surface area contributed by atoms with E-state index in [1.807, 2.05) is 12.1 Å². The molecule has 0 saturated heterocycles. The molecule has 0 aliphatic carbocycles. The lowest BCUT2D eigenvalue weighted by molar-refractivity contribution is 0.609. The first-order chi connectivity index (χ1) is 6.01. The molecule has 0 atom stereocenters. The predicted octanol–water partition coefficient (Wildman–Crippen LogP) is 2.77. The standard InChI is InChI=1S/C8H11ClO2S2/c1-2-3-7-4-5-8(12-7)6-13(9,10)11/h4-5H,2-3,6H2,1H3. The van der Waals surface area contributed by atoms with E-state index in [1.54, 1.807) is 0 Å². The lowest BCUT2D eigenvalue weighted by Gasteiger charge is -1.91. The van der Waals surface area contributed by atoms with Gasteiger partial charge in [0.25, 0.3) is 0 Å².